The molecule has 20 heavy (non-hydrogen) atoms. The van der Waals surface area contributed by atoms with Crippen LogP contribution in [0.3, 0.4) is 0 Å². The Labute approximate surface area is 126 Å². The highest BCUT2D eigenvalue weighted by atomic mass is 35.5. The summed E-state index contributed by atoms with van der Waals surface area (Å²) >= 11 is 5.77. The van der Waals surface area contributed by atoms with E-state index < -0.39 is 10.0 Å². The summed E-state index contributed by atoms with van der Waals surface area (Å²) in [5.41, 5.74) is 0.833. The van der Waals surface area contributed by atoms with Crippen molar-refractivity contribution >= 4 is 21.6 Å². The summed E-state index contributed by atoms with van der Waals surface area (Å²) in [6.07, 6.45) is 1.56. The zero-order valence-electron chi connectivity index (χ0n) is 12.2. The topological polar surface area (TPSA) is 46.6 Å². The van der Waals surface area contributed by atoms with Crippen LogP contribution in [0.1, 0.15) is 32.3 Å². The van der Waals surface area contributed by atoms with E-state index in [0.717, 1.165) is 18.4 Å². The van der Waals surface area contributed by atoms with Gasteiger partial charge in [0.15, 0.2) is 0 Å². The quantitative estimate of drug-likeness (QED) is 0.691. The standard InChI is InChI=1S/C14H22ClNO3S/c1-4-8-16(9-5-2)20(17,18)14-7-6-12(11-15)10-13(14)19-3/h6-7,10H,4-5,8-9,11H2,1-3H3. The molecule has 1 aromatic carbocycles. The van der Waals surface area contributed by atoms with Gasteiger partial charge in [-0.2, -0.15) is 4.31 Å². The van der Waals surface area contributed by atoms with Crippen LogP contribution in [0.15, 0.2) is 23.1 Å². The number of benzene rings is 1. The van der Waals surface area contributed by atoms with E-state index in [9.17, 15) is 8.42 Å². The van der Waals surface area contributed by atoms with Crippen molar-refractivity contribution in [3.05, 3.63) is 23.8 Å². The number of hydrogen-bond donors (Lipinski definition) is 0. The predicted octanol–water partition coefficient (Wildman–Crippen LogP) is 3.24. The summed E-state index contributed by atoms with van der Waals surface area (Å²) in [7, 11) is -2.06. The van der Waals surface area contributed by atoms with E-state index in [0.29, 0.717) is 24.7 Å². The van der Waals surface area contributed by atoms with E-state index in [-0.39, 0.29) is 4.90 Å². The van der Waals surface area contributed by atoms with Crippen molar-refractivity contribution in [1.82, 2.24) is 4.31 Å². The van der Waals surface area contributed by atoms with E-state index in [4.69, 9.17) is 16.3 Å². The molecule has 0 atom stereocenters. The third-order valence-electron chi connectivity index (χ3n) is 2.95. The Kier molecular flexibility index (Phi) is 6.79. The molecule has 0 aliphatic heterocycles. The highest BCUT2D eigenvalue weighted by Crippen LogP contribution is 2.28. The van der Waals surface area contributed by atoms with Crippen molar-refractivity contribution in [3.8, 4) is 5.75 Å². The van der Waals surface area contributed by atoms with Gasteiger partial charge in [-0.15, -0.1) is 11.6 Å². The van der Waals surface area contributed by atoms with Gasteiger partial charge in [-0.3, -0.25) is 0 Å². The first-order chi connectivity index (χ1) is 9.51. The first-order valence-electron chi connectivity index (χ1n) is 6.74. The molecule has 4 nitrogen and oxygen atoms in total. The largest absolute Gasteiger partial charge is 0.495 e. The van der Waals surface area contributed by atoms with Crippen molar-refractivity contribution in [3.63, 3.8) is 0 Å². The van der Waals surface area contributed by atoms with Crippen LogP contribution >= 0.6 is 11.6 Å². The summed E-state index contributed by atoms with van der Waals surface area (Å²) in [4.78, 5) is 0.204. The Balaban J connectivity index is 3.25. The van der Waals surface area contributed by atoms with Gasteiger partial charge >= 0.3 is 0 Å². The number of halogens is 1. The molecule has 0 saturated carbocycles. The second-order valence-electron chi connectivity index (χ2n) is 4.52. The normalized spacial score (nSPS) is 11.8. The van der Waals surface area contributed by atoms with Crippen LogP contribution < -0.4 is 4.74 Å². The smallest absolute Gasteiger partial charge is 0.246 e. The van der Waals surface area contributed by atoms with E-state index in [2.05, 4.69) is 0 Å². The molecule has 1 aromatic rings. The average molecular weight is 320 g/mol. The molecule has 0 saturated heterocycles. The fourth-order valence-electron chi connectivity index (χ4n) is 2.00. The molecular weight excluding hydrogens is 298 g/mol. The molecule has 0 N–H and O–H groups in total. The molecule has 6 heteroatoms. The molecule has 0 unspecified atom stereocenters. The molecule has 0 amide bonds. The molecule has 0 bridgehead atoms. The molecule has 0 spiro atoms. The van der Waals surface area contributed by atoms with Gasteiger partial charge in [-0.1, -0.05) is 19.9 Å². The van der Waals surface area contributed by atoms with Gasteiger partial charge in [0.05, 0.1) is 7.11 Å². The SMILES string of the molecule is CCCN(CCC)S(=O)(=O)c1ccc(CCl)cc1OC. The van der Waals surface area contributed by atoms with Crippen LogP contribution in [0.4, 0.5) is 0 Å². The molecular formula is C14H22ClNO3S. The molecule has 1 rings (SSSR count). The fraction of sp³-hybridized carbons (Fsp3) is 0.571. The number of ether oxygens (including phenoxy) is 1. The summed E-state index contributed by atoms with van der Waals surface area (Å²) in [5.74, 6) is 0.671. The van der Waals surface area contributed by atoms with Crippen LogP contribution in [0.25, 0.3) is 0 Å². The highest BCUT2D eigenvalue weighted by molar-refractivity contribution is 7.89. The number of rotatable bonds is 8. The number of nitrogens with zero attached hydrogens (tertiary/aromatic N) is 1. The number of alkyl halides is 1. The maximum Gasteiger partial charge on any atom is 0.246 e. The Morgan fingerprint density at radius 2 is 1.80 bits per heavy atom. The highest BCUT2D eigenvalue weighted by Gasteiger charge is 2.26. The maximum atomic E-state index is 12.7. The van der Waals surface area contributed by atoms with Crippen molar-refractivity contribution in [2.75, 3.05) is 20.2 Å². The Bertz CT molecular complexity index is 525. The lowest BCUT2D eigenvalue weighted by Gasteiger charge is -2.22. The van der Waals surface area contributed by atoms with E-state index in [1.807, 2.05) is 13.8 Å². The lowest BCUT2D eigenvalue weighted by atomic mass is 10.2. The minimum atomic E-state index is -3.53. The molecule has 0 radical (unpaired) electrons. The monoisotopic (exact) mass is 319 g/mol. The number of hydrogen-bond acceptors (Lipinski definition) is 3. The van der Waals surface area contributed by atoms with Gasteiger partial charge in [0.1, 0.15) is 10.6 Å². The van der Waals surface area contributed by atoms with Crippen molar-refractivity contribution in [1.29, 1.82) is 0 Å². The van der Waals surface area contributed by atoms with Gasteiger partial charge in [-0.25, -0.2) is 8.42 Å². The fourth-order valence-corrected chi connectivity index (χ4v) is 3.93. The third kappa shape index (κ3) is 3.87. The Morgan fingerprint density at radius 1 is 1.20 bits per heavy atom. The second-order valence-corrected chi connectivity index (χ2v) is 6.70. The molecule has 0 aliphatic carbocycles. The lowest BCUT2D eigenvalue weighted by Crippen LogP contribution is -2.32. The molecule has 0 fully saturated rings. The molecule has 114 valence electrons. The van der Waals surface area contributed by atoms with Gasteiger partial charge in [0, 0.05) is 19.0 Å². The minimum absolute atomic E-state index is 0.204. The zero-order valence-corrected chi connectivity index (χ0v) is 13.8. The van der Waals surface area contributed by atoms with Crippen LogP contribution in [0, 0.1) is 0 Å². The van der Waals surface area contributed by atoms with Crippen LogP contribution in [0.5, 0.6) is 5.75 Å². The molecule has 0 aliphatic rings. The predicted molar refractivity (Wildman–Crippen MR) is 81.9 cm³/mol. The van der Waals surface area contributed by atoms with Crippen molar-refractivity contribution in [2.24, 2.45) is 0 Å². The van der Waals surface area contributed by atoms with Crippen molar-refractivity contribution in [2.45, 2.75) is 37.5 Å². The van der Waals surface area contributed by atoms with Gasteiger partial charge in [0.2, 0.25) is 10.0 Å². The van der Waals surface area contributed by atoms with E-state index in [1.54, 1.807) is 18.2 Å². The summed E-state index contributed by atoms with van der Waals surface area (Å²) < 4.78 is 32.1. The third-order valence-corrected chi connectivity index (χ3v) is 5.19. The van der Waals surface area contributed by atoms with Crippen molar-refractivity contribution < 1.29 is 13.2 Å². The Morgan fingerprint density at radius 3 is 2.25 bits per heavy atom. The summed E-state index contributed by atoms with van der Waals surface area (Å²) in [6, 6.07) is 4.97. The first-order valence-corrected chi connectivity index (χ1v) is 8.71. The minimum Gasteiger partial charge on any atom is -0.495 e. The summed E-state index contributed by atoms with van der Waals surface area (Å²) in [5, 5.41) is 0. The van der Waals surface area contributed by atoms with E-state index in [1.165, 1.54) is 11.4 Å². The Hall–Kier alpha value is -0.780. The lowest BCUT2D eigenvalue weighted by molar-refractivity contribution is 0.387. The average Bonchev–Trinajstić information content (AvgIpc) is 2.46. The number of sulfonamides is 1. The van der Waals surface area contributed by atoms with Gasteiger partial charge < -0.3 is 4.74 Å². The van der Waals surface area contributed by atoms with Crippen LogP contribution in [-0.2, 0) is 15.9 Å². The van der Waals surface area contributed by atoms with Gasteiger partial charge in [0.25, 0.3) is 0 Å². The van der Waals surface area contributed by atoms with Crippen LogP contribution in [-0.4, -0.2) is 32.9 Å². The molecule has 0 aromatic heterocycles. The zero-order chi connectivity index (χ0) is 15.2. The van der Waals surface area contributed by atoms with Gasteiger partial charge in [-0.05, 0) is 30.5 Å². The maximum absolute atomic E-state index is 12.7. The molecule has 0 heterocycles. The van der Waals surface area contributed by atoms with Crippen LogP contribution in [0.2, 0.25) is 0 Å². The van der Waals surface area contributed by atoms with E-state index >= 15 is 0 Å². The number of methoxy groups -OCH3 is 1. The first kappa shape index (κ1) is 17.3. The second kappa shape index (κ2) is 7.86. The summed E-state index contributed by atoms with van der Waals surface area (Å²) in [6.45, 7) is 4.95.